The van der Waals surface area contributed by atoms with E-state index in [1.54, 1.807) is 0 Å². The topological polar surface area (TPSA) is 113 Å². The fraction of sp³-hybridized carbons (Fsp3) is 0.500. The number of carbonyl (C=O) groups excluding carboxylic acids is 4. The molecule has 1 aliphatic heterocycles. The molecule has 2 fully saturated rings. The highest BCUT2D eigenvalue weighted by molar-refractivity contribution is 6.07. The summed E-state index contributed by atoms with van der Waals surface area (Å²) < 4.78 is 13.5. The van der Waals surface area contributed by atoms with Gasteiger partial charge >= 0.3 is 6.03 Å². The molecule has 3 N–H and O–H groups in total. The van der Waals surface area contributed by atoms with Crippen LogP contribution in [-0.4, -0.2) is 52.7 Å². The summed E-state index contributed by atoms with van der Waals surface area (Å²) in [4.78, 5) is 51.5. The number of nitrogens with zero attached hydrogens (tertiary/aromatic N) is 2. The molecule has 1 saturated carbocycles. The Labute approximate surface area is 168 Å². The van der Waals surface area contributed by atoms with Crippen LogP contribution >= 0.6 is 0 Å². The van der Waals surface area contributed by atoms with Crippen LogP contribution in [0.25, 0.3) is 0 Å². The largest absolute Gasteiger partial charge is 0.368 e. The van der Waals surface area contributed by atoms with Crippen molar-refractivity contribution in [2.24, 2.45) is 5.73 Å². The Bertz CT molecular complexity index is 838. The molecule has 3 rings (SSSR count). The van der Waals surface area contributed by atoms with E-state index in [0.29, 0.717) is 12.8 Å². The van der Waals surface area contributed by atoms with Crippen molar-refractivity contribution in [1.82, 2.24) is 15.1 Å². The SMILES string of the molecule is CN(C(=O)CCCN1C(=O)NC2(CCCC2)C1=O)C(C(N)=O)c1cccc(F)c1. The lowest BCUT2D eigenvalue weighted by Gasteiger charge is -2.26. The van der Waals surface area contributed by atoms with Crippen molar-refractivity contribution in [2.75, 3.05) is 13.6 Å². The number of nitrogens with one attached hydrogen (secondary N) is 1. The number of amides is 5. The molecule has 1 heterocycles. The third kappa shape index (κ3) is 4.08. The van der Waals surface area contributed by atoms with E-state index in [4.69, 9.17) is 5.73 Å². The molecule has 1 saturated heterocycles. The van der Waals surface area contributed by atoms with Crippen LogP contribution in [0.4, 0.5) is 9.18 Å². The van der Waals surface area contributed by atoms with Gasteiger partial charge in [0.1, 0.15) is 17.4 Å². The number of benzene rings is 1. The molecule has 0 bridgehead atoms. The van der Waals surface area contributed by atoms with Crippen LogP contribution in [-0.2, 0) is 14.4 Å². The first-order valence-electron chi connectivity index (χ1n) is 9.70. The van der Waals surface area contributed by atoms with E-state index in [2.05, 4.69) is 5.32 Å². The number of likely N-dealkylation sites (N-methyl/N-ethyl adjacent to an activating group) is 1. The quantitative estimate of drug-likeness (QED) is 0.670. The van der Waals surface area contributed by atoms with Crippen molar-refractivity contribution in [3.05, 3.63) is 35.6 Å². The second-order valence-corrected chi connectivity index (χ2v) is 7.64. The summed E-state index contributed by atoms with van der Waals surface area (Å²) in [5, 5.41) is 2.80. The number of hydrogen-bond acceptors (Lipinski definition) is 4. The Kier molecular flexibility index (Phi) is 5.86. The predicted octanol–water partition coefficient (Wildman–Crippen LogP) is 1.46. The van der Waals surface area contributed by atoms with Crippen LogP contribution in [0.3, 0.4) is 0 Å². The first-order valence-corrected chi connectivity index (χ1v) is 9.70. The van der Waals surface area contributed by atoms with Gasteiger partial charge in [-0.3, -0.25) is 19.3 Å². The van der Waals surface area contributed by atoms with E-state index in [-0.39, 0.29) is 36.8 Å². The first kappa shape index (κ1) is 20.8. The number of imide groups is 1. The van der Waals surface area contributed by atoms with Gasteiger partial charge < -0.3 is 16.0 Å². The van der Waals surface area contributed by atoms with Crippen LogP contribution in [0.5, 0.6) is 0 Å². The number of primary amides is 1. The summed E-state index contributed by atoms with van der Waals surface area (Å²) in [6, 6.07) is 3.84. The van der Waals surface area contributed by atoms with Crippen LogP contribution in [0.1, 0.15) is 50.1 Å². The van der Waals surface area contributed by atoms with Gasteiger partial charge in [0.15, 0.2) is 0 Å². The fourth-order valence-electron chi connectivity index (χ4n) is 4.16. The molecule has 1 aliphatic carbocycles. The van der Waals surface area contributed by atoms with Crippen molar-refractivity contribution in [3.8, 4) is 0 Å². The number of halogens is 1. The standard InChI is InChI=1S/C20H25FN4O4/c1-24(16(17(22)27)13-6-4-7-14(21)12-13)15(26)8-5-11-25-18(28)20(23-19(25)29)9-2-3-10-20/h4,6-7,12,16H,2-3,5,8-11H2,1H3,(H2,22,27)(H,23,29). The smallest absolute Gasteiger partial charge is 0.325 e. The highest BCUT2D eigenvalue weighted by Crippen LogP contribution is 2.35. The van der Waals surface area contributed by atoms with Gasteiger partial charge in [0.25, 0.3) is 5.91 Å². The zero-order chi connectivity index (χ0) is 21.2. The molecule has 1 aromatic carbocycles. The number of nitrogens with two attached hydrogens (primary N) is 1. The maximum Gasteiger partial charge on any atom is 0.325 e. The first-order chi connectivity index (χ1) is 13.7. The number of rotatable bonds is 7. The number of urea groups is 1. The monoisotopic (exact) mass is 404 g/mol. The summed E-state index contributed by atoms with van der Waals surface area (Å²) in [5.41, 5.74) is 4.94. The van der Waals surface area contributed by atoms with E-state index < -0.39 is 29.3 Å². The van der Waals surface area contributed by atoms with Crippen molar-refractivity contribution in [1.29, 1.82) is 0 Å². The molecule has 9 heteroatoms. The molecule has 2 aliphatic rings. The Morgan fingerprint density at radius 2 is 2.00 bits per heavy atom. The Balaban J connectivity index is 1.59. The maximum atomic E-state index is 13.5. The molecule has 1 unspecified atom stereocenters. The van der Waals surface area contributed by atoms with Gasteiger partial charge in [-0.2, -0.15) is 0 Å². The van der Waals surface area contributed by atoms with E-state index in [9.17, 15) is 23.6 Å². The zero-order valence-electron chi connectivity index (χ0n) is 16.3. The Morgan fingerprint density at radius 3 is 2.62 bits per heavy atom. The van der Waals surface area contributed by atoms with Crippen LogP contribution < -0.4 is 11.1 Å². The molecule has 156 valence electrons. The average molecular weight is 404 g/mol. The lowest BCUT2D eigenvalue weighted by molar-refractivity contribution is -0.138. The van der Waals surface area contributed by atoms with Gasteiger partial charge in [-0.1, -0.05) is 25.0 Å². The zero-order valence-corrected chi connectivity index (χ0v) is 16.3. The highest BCUT2D eigenvalue weighted by Gasteiger charge is 2.52. The van der Waals surface area contributed by atoms with Gasteiger partial charge in [-0.15, -0.1) is 0 Å². The minimum Gasteiger partial charge on any atom is -0.368 e. The molecule has 1 aromatic rings. The van der Waals surface area contributed by atoms with Gasteiger partial charge in [-0.25, -0.2) is 9.18 Å². The predicted molar refractivity (Wildman–Crippen MR) is 102 cm³/mol. The molecule has 0 aromatic heterocycles. The van der Waals surface area contributed by atoms with Gasteiger partial charge in [-0.05, 0) is 37.0 Å². The Morgan fingerprint density at radius 1 is 1.31 bits per heavy atom. The molecule has 1 spiro atoms. The molecule has 0 radical (unpaired) electrons. The highest BCUT2D eigenvalue weighted by atomic mass is 19.1. The van der Waals surface area contributed by atoms with E-state index in [1.807, 2.05) is 0 Å². The van der Waals surface area contributed by atoms with Crippen molar-refractivity contribution in [2.45, 2.75) is 50.1 Å². The summed E-state index contributed by atoms with van der Waals surface area (Å²) in [5.74, 6) is -1.92. The van der Waals surface area contributed by atoms with Crippen LogP contribution in [0.15, 0.2) is 24.3 Å². The molecule has 29 heavy (non-hydrogen) atoms. The minimum atomic E-state index is -1.10. The van der Waals surface area contributed by atoms with Crippen molar-refractivity contribution < 1.29 is 23.6 Å². The van der Waals surface area contributed by atoms with Crippen LogP contribution in [0, 0.1) is 5.82 Å². The third-order valence-corrected chi connectivity index (χ3v) is 5.69. The van der Waals surface area contributed by atoms with Gasteiger partial charge in [0.05, 0.1) is 0 Å². The van der Waals surface area contributed by atoms with Crippen molar-refractivity contribution >= 4 is 23.8 Å². The van der Waals surface area contributed by atoms with Gasteiger partial charge in [0.2, 0.25) is 11.8 Å². The maximum absolute atomic E-state index is 13.5. The molecule has 1 atom stereocenters. The van der Waals surface area contributed by atoms with E-state index in [1.165, 1.54) is 30.1 Å². The third-order valence-electron chi connectivity index (χ3n) is 5.69. The molecular weight excluding hydrogens is 379 g/mol. The number of carbonyl (C=O) groups is 4. The fourth-order valence-corrected chi connectivity index (χ4v) is 4.16. The minimum absolute atomic E-state index is 0.0135. The van der Waals surface area contributed by atoms with E-state index >= 15 is 0 Å². The van der Waals surface area contributed by atoms with Gasteiger partial charge in [0, 0.05) is 20.0 Å². The summed E-state index contributed by atoms with van der Waals surface area (Å²) >= 11 is 0. The summed E-state index contributed by atoms with van der Waals surface area (Å²) in [7, 11) is 1.42. The lowest BCUT2D eigenvalue weighted by atomic mass is 9.98. The molecule has 8 nitrogen and oxygen atoms in total. The summed E-state index contributed by atoms with van der Waals surface area (Å²) in [6.07, 6.45) is 3.36. The van der Waals surface area contributed by atoms with E-state index in [0.717, 1.165) is 23.8 Å². The molecule has 5 amide bonds. The Hall–Kier alpha value is -2.97. The summed E-state index contributed by atoms with van der Waals surface area (Å²) in [6.45, 7) is 0.118. The second kappa shape index (κ2) is 8.18. The lowest BCUT2D eigenvalue weighted by Crippen LogP contribution is -2.44. The van der Waals surface area contributed by atoms with Crippen molar-refractivity contribution in [3.63, 3.8) is 0 Å². The second-order valence-electron chi connectivity index (χ2n) is 7.64. The molecular formula is C20H25FN4O4. The normalized spacial score (nSPS) is 18.8. The average Bonchev–Trinajstić information content (AvgIpc) is 3.22. The number of hydrogen-bond donors (Lipinski definition) is 2. The van der Waals surface area contributed by atoms with Crippen LogP contribution in [0.2, 0.25) is 0 Å².